The SMILES string of the molecule is COCC(O)CN1CCN(C)CC1.Cl.Cl. The number of ether oxygens (including phenoxy) is 1. The Hall–Kier alpha value is 0.420. The maximum absolute atomic E-state index is 9.49. The molecule has 0 amide bonds. The minimum absolute atomic E-state index is 0. The van der Waals surface area contributed by atoms with Crippen LogP contribution in [0.1, 0.15) is 0 Å². The minimum Gasteiger partial charge on any atom is -0.389 e. The molecule has 1 fully saturated rings. The fourth-order valence-electron chi connectivity index (χ4n) is 1.57. The number of likely N-dealkylation sites (N-methyl/N-ethyl adjacent to an activating group) is 1. The van der Waals surface area contributed by atoms with Crippen molar-refractivity contribution < 1.29 is 9.84 Å². The molecule has 0 aromatic heterocycles. The Morgan fingerprint density at radius 2 is 1.73 bits per heavy atom. The summed E-state index contributed by atoms with van der Waals surface area (Å²) in [5.74, 6) is 0. The maximum atomic E-state index is 9.49. The first kappa shape index (κ1) is 17.8. The van der Waals surface area contributed by atoms with Crippen LogP contribution < -0.4 is 0 Å². The van der Waals surface area contributed by atoms with Crippen molar-refractivity contribution in [3.8, 4) is 0 Å². The highest BCUT2D eigenvalue weighted by Gasteiger charge is 2.16. The van der Waals surface area contributed by atoms with Crippen molar-refractivity contribution in [3.63, 3.8) is 0 Å². The fraction of sp³-hybridized carbons (Fsp3) is 1.00. The zero-order valence-corrected chi connectivity index (χ0v) is 11.0. The predicted octanol–water partition coefficient (Wildman–Crippen LogP) is 0.0847. The quantitative estimate of drug-likeness (QED) is 0.777. The number of aliphatic hydroxyl groups excluding tert-OH is 1. The molecule has 4 nitrogen and oxygen atoms in total. The summed E-state index contributed by atoms with van der Waals surface area (Å²) in [5.41, 5.74) is 0. The Balaban J connectivity index is 0. The molecule has 0 bridgehead atoms. The molecule has 1 unspecified atom stereocenters. The molecule has 1 atom stereocenters. The van der Waals surface area contributed by atoms with Gasteiger partial charge in [-0.05, 0) is 7.05 Å². The van der Waals surface area contributed by atoms with E-state index in [0.717, 1.165) is 32.7 Å². The summed E-state index contributed by atoms with van der Waals surface area (Å²) in [4.78, 5) is 4.59. The Labute approximate surface area is 104 Å². The number of rotatable bonds is 4. The Kier molecular flexibility index (Phi) is 11.4. The van der Waals surface area contributed by atoms with Gasteiger partial charge >= 0.3 is 0 Å². The number of aliphatic hydroxyl groups is 1. The molecule has 0 spiro atoms. The van der Waals surface area contributed by atoms with Crippen LogP contribution in [0.15, 0.2) is 0 Å². The van der Waals surface area contributed by atoms with Crippen LogP contribution in [0.3, 0.4) is 0 Å². The van der Waals surface area contributed by atoms with Crippen LogP contribution in [0.5, 0.6) is 0 Å². The molecule has 0 radical (unpaired) electrons. The van der Waals surface area contributed by atoms with Crippen LogP contribution in [0.4, 0.5) is 0 Å². The summed E-state index contributed by atoms with van der Waals surface area (Å²) in [7, 11) is 3.75. The van der Waals surface area contributed by atoms with Gasteiger partial charge in [0, 0.05) is 39.8 Å². The molecule has 15 heavy (non-hydrogen) atoms. The maximum Gasteiger partial charge on any atom is 0.0900 e. The first-order valence-electron chi connectivity index (χ1n) is 4.80. The van der Waals surface area contributed by atoms with Crippen LogP contribution >= 0.6 is 24.8 Å². The number of hydrogen-bond acceptors (Lipinski definition) is 4. The van der Waals surface area contributed by atoms with Crippen LogP contribution in [0, 0.1) is 0 Å². The van der Waals surface area contributed by atoms with Gasteiger partial charge in [0.1, 0.15) is 0 Å². The summed E-state index contributed by atoms with van der Waals surface area (Å²) in [6.07, 6.45) is -0.339. The van der Waals surface area contributed by atoms with Gasteiger partial charge in [0.25, 0.3) is 0 Å². The summed E-state index contributed by atoms with van der Waals surface area (Å²) in [6, 6.07) is 0. The highest BCUT2D eigenvalue weighted by Crippen LogP contribution is 2.00. The van der Waals surface area contributed by atoms with E-state index in [1.165, 1.54) is 0 Å². The second-order valence-electron chi connectivity index (χ2n) is 3.71. The summed E-state index contributed by atoms with van der Waals surface area (Å²) >= 11 is 0. The van der Waals surface area contributed by atoms with E-state index in [0.29, 0.717) is 6.61 Å². The zero-order valence-electron chi connectivity index (χ0n) is 9.39. The van der Waals surface area contributed by atoms with Crippen LogP contribution in [-0.2, 0) is 4.74 Å². The van der Waals surface area contributed by atoms with Crippen LogP contribution in [0.25, 0.3) is 0 Å². The third kappa shape index (κ3) is 7.33. The van der Waals surface area contributed by atoms with Crippen molar-refractivity contribution >= 4 is 24.8 Å². The summed E-state index contributed by atoms with van der Waals surface area (Å²) in [6.45, 7) is 5.47. The molecule has 6 heteroatoms. The van der Waals surface area contributed by atoms with E-state index in [1.807, 2.05) is 0 Å². The third-order valence-corrected chi connectivity index (χ3v) is 2.42. The zero-order chi connectivity index (χ0) is 9.68. The van der Waals surface area contributed by atoms with Crippen molar-refractivity contribution in [3.05, 3.63) is 0 Å². The highest BCUT2D eigenvalue weighted by atomic mass is 35.5. The molecular formula is C9H22Cl2N2O2. The first-order valence-corrected chi connectivity index (χ1v) is 4.80. The van der Waals surface area contributed by atoms with Gasteiger partial charge in [0.15, 0.2) is 0 Å². The molecule has 1 saturated heterocycles. The van der Waals surface area contributed by atoms with E-state index in [4.69, 9.17) is 4.74 Å². The van der Waals surface area contributed by atoms with E-state index < -0.39 is 0 Å². The van der Waals surface area contributed by atoms with Gasteiger partial charge in [-0.3, -0.25) is 4.90 Å². The van der Waals surface area contributed by atoms with Crippen LogP contribution in [0.2, 0.25) is 0 Å². The van der Waals surface area contributed by atoms with Crippen molar-refractivity contribution in [2.75, 3.05) is 53.5 Å². The summed E-state index contributed by atoms with van der Waals surface area (Å²) < 4.78 is 4.88. The number of halogens is 2. The summed E-state index contributed by atoms with van der Waals surface area (Å²) in [5, 5.41) is 9.49. The second kappa shape index (κ2) is 9.63. The van der Waals surface area contributed by atoms with Crippen LogP contribution in [-0.4, -0.2) is 74.5 Å². The minimum atomic E-state index is -0.339. The van der Waals surface area contributed by atoms with Gasteiger partial charge in [0.05, 0.1) is 12.7 Å². The smallest absolute Gasteiger partial charge is 0.0900 e. The van der Waals surface area contributed by atoms with Gasteiger partial charge in [-0.25, -0.2) is 0 Å². The molecule has 1 aliphatic heterocycles. The second-order valence-corrected chi connectivity index (χ2v) is 3.71. The van der Waals surface area contributed by atoms with Gasteiger partial charge in [0.2, 0.25) is 0 Å². The van der Waals surface area contributed by atoms with E-state index in [1.54, 1.807) is 7.11 Å². The molecule has 1 aliphatic rings. The number of piperazine rings is 1. The van der Waals surface area contributed by atoms with Crippen molar-refractivity contribution in [2.45, 2.75) is 6.10 Å². The topological polar surface area (TPSA) is 35.9 Å². The predicted molar refractivity (Wildman–Crippen MR) is 66.3 cm³/mol. The standard InChI is InChI=1S/C9H20N2O2.2ClH/c1-10-3-5-11(6-4-10)7-9(12)8-13-2;;/h9,12H,3-8H2,1-2H3;2*1H. The normalized spacial score (nSPS) is 20.2. The number of β-amino-alcohol motifs (C(OH)–C–C–N with tert-alkyl or cyclic N) is 1. The molecule has 1 heterocycles. The van der Waals surface area contributed by atoms with Gasteiger partial charge in [-0.1, -0.05) is 0 Å². The Bertz CT molecular complexity index is 144. The lowest BCUT2D eigenvalue weighted by atomic mass is 10.3. The van der Waals surface area contributed by atoms with Gasteiger partial charge in [-0.2, -0.15) is 0 Å². The molecule has 94 valence electrons. The lowest BCUT2D eigenvalue weighted by Gasteiger charge is -2.33. The van der Waals surface area contributed by atoms with Crippen molar-refractivity contribution in [1.82, 2.24) is 9.80 Å². The number of nitrogens with zero attached hydrogens (tertiary/aromatic N) is 2. The lowest BCUT2D eigenvalue weighted by molar-refractivity contribution is 0.0266. The van der Waals surface area contributed by atoms with E-state index in [2.05, 4.69) is 16.8 Å². The van der Waals surface area contributed by atoms with Gasteiger partial charge in [-0.15, -0.1) is 24.8 Å². The number of methoxy groups -OCH3 is 1. The fourth-order valence-corrected chi connectivity index (χ4v) is 1.57. The average Bonchev–Trinajstić information content (AvgIpc) is 2.09. The molecule has 0 aromatic rings. The monoisotopic (exact) mass is 260 g/mol. The molecule has 0 aromatic carbocycles. The molecule has 1 N–H and O–H groups in total. The molecular weight excluding hydrogens is 239 g/mol. The van der Waals surface area contributed by atoms with E-state index >= 15 is 0 Å². The van der Waals surface area contributed by atoms with E-state index in [-0.39, 0.29) is 30.9 Å². The van der Waals surface area contributed by atoms with E-state index in [9.17, 15) is 5.11 Å². The van der Waals surface area contributed by atoms with Gasteiger partial charge < -0.3 is 14.7 Å². The average molecular weight is 261 g/mol. The molecule has 1 rings (SSSR count). The molecule has 0 aliphatic carbocycles. The molecule has 0 saturated carbocycles. The largest absolute Gasteiger partial charge is 0.389 e. The third-order valence-electron chi connectivity index (χ3n) is 2.42. The Morgan fingerprint density at radius 3 is 2.20 bits per heavy atom. The lowest BCUT2D eigenvalue weighted by Crippen LogP contribution is -2.47. The number of hydrogen-bond donors (Lipinski definition) is 1. The van der Waals surface area contributed by atoms with Crippen molar-refractivity contribution in [2.24, 2.45) is 0 Å². The highest BCUT2D eigenvalue weighted by molar-refractivity contribution is 5.85. The van der Waals surface area contributed by atoms with Crippen molar-refractivity contribution in [1.29, 1.82) is 0 Å². The first-order chi connectivity index (χ1) is 6.22. The Morgan fingerprint density at radius 1 is 1.20 bits per heavy atom.